The van der Waals surface area contributed by atoms with Crippen LogP contribution in [-0.4, -0.2) is 49.4 Å². The molecule has 168 valence electrons. The average molecular weight is 452 g/mol. The fourth-order valence-corrected chi connectivity index (χ4v) is 5.87. The predicted molar refractivity (Wildman–Crippen MR) is 127 cm³/mol. The first-order chi connectivity index (χ1) is 15.4. The second-order valence-electron chi connectivity index (χ2n) is 9.51. The van der Waals surface area contributed by atoms with Crippen molar-refractivity contribution in [1.29, 1.82) is 0 Å². The monoisotopic (exact) mass is 451 g/mol. The van der Waals surface area contributed by atoms with Gasteiger partial charge in [-0.2, -0.15) is 0 Å². The number of Topliss-reactive ketones (excluding diaryl/α,β-unsaturated/α-hetero) is 1. The Bertz CT molecular complexity index is 1050. The van der Waals surface area contributed by atoms with Crippen molar-refractivity contribution in [1.82, 2.24) is 4.90 Å². The second kappa shape index (κ2) is 8.37. The Morgan fingerprint density at radius 2 is 1.94 bits per heavy atom. The van der Waals surface area contributed by atoms with E-state index in [9.17, 15) is 9.59 Å². The number of thiophene rings is 1. The Kier molecular flexibility index (Phi) is 5.55. The lowest BCUT2D eigenvalue weighted by Crippen LogP contribution is -2.47. The molecule has 32 heavy (non-hydrogen) atoms. The largest absolute Gasteiger partial charge is 0.378 e. The lowest BCUT2D eigenvalue weighted by molar-refractivity contribution is -0.133. The molecule has 7 heteroatoms. The molecule has 0 bridgehead atoms. The van der Waals surface area contributed by atoms with Gasteiger partial charge in [0.25, 0.3) is 0 Å². The molecule has 0 unspecified atom stereocenters. The van der Waals surface area contributed by atoms with Gasteiger partial charge in [0.15, 0.2) is 5.78 Å². The van der Waals surface area contributed by atoms with E-state index in [0.717, 1.165) is 33.9 Å². The van der Waals surface area contributed by atoms with Crippen LogP contribution in [0.4, 0.5) is 11.4 Å². The molecule has 1 fully saturated rings. The minimum Gasteiger partial charge on any atom is -0.378 e. The maximum Gasteiger partial charge on any atom is 0.242 e. The summed E-state index contributed by atoms with van der Waals surface area (Å²) in [6.45, 7) is 6.87. The Morgan fingerprint density at radius 3 is 2.69 bits per heavy atom. The number of anilines is 2. The normalized spacial score (nSPS) is 22.7. The highest BCUT2D eigenvalue weighted by Crippen LogP contribution is 2.48. The van der Waals surface area contributed by atoms with Gasteiger partial charge in [0.1, 0.15) is 0 Å². The average Bonchev–Trinajstić information content (AvgIpc) is 3.25. The molecule has 1 aromatic carbocycles. The zero-order chi connectivity index (χ0) is 22.3. The number of carbonyl (C=O) groups is 2. The molecular formula is C25H29N3O3S. The molecule has 2 aliphatic heterocycles. The first kappa shape index (κ1) is 21.2. The maximum absolute atomic E-state index is 13.6. The lowest BCUT2D eigenvalue weighted by atomic mass is 9.74. The number of ether oxygens (including phenoxy) is 1. The van der Waals surface area contributed by atoms with Crippen molar-refractivity contribution in [2.45, 2.75) is 32.7 Å². The van der Waals surface area contributed by atoms with Crippen LogP contribution in [0.5, 0.6) is 0 Å². The van der Waals surface area contributed by atoms with E-state index in [-0.39, 0.29) is 29.7 Å². The fraction of sp³-hybridized carbons (Fsp3) is 0.440. The quantitative estimate of drug-likeness (QED) is 0.757. The number of carbonyl (C=O) groups excluding carboxylic acids is 2. The third-order valence-corrected chi connectivity index (χ3v) is 7.41. The molecule has 3 aliphatic rings. The predicted octanol–water partition coefficient (Wildman–Crippen LogP) is 4.22. The van der Waals surface area contributed by atoms with Gasteiger partial charge in [0.05, 0.1) is 37.2 Å². The van der Waals surface area contributed by atoms with Crippen LogP contribution < -0.4 is 10.2 Å². The minimum atomic E-state index is -0.283. The third-order valence-electron chi connectivity index (χ3n) is 6.49. The summed E-state index contributed by atoms with van der Waals surface area (Å²) in [6.07, 6.45) is 1.31. The van der Waals surface area contributed by atoms with E-state index in [0.29, 0.717) is 32.7 Å². The molecular weight excluding hydrogens is 422 g/mol. The van der Waals surface area contributed by atoms with E-state index in [1.807, 2.05) is 40.6 Å². The first-order valence-corrected chi connectivity index (χ1v) is 12.1. The van der Waals surface area contributed by atoms with E-state index in [1.165, 1.54) is 0 Å². The minimum absolute atomic E-state index is 0.0669. The SMILES string of the molecule is CC1(C)CC(=O)C2=C(C1)Nc1ccccc1N(CC(=O)N1CCOCC1)[C@@H]2c1cccs1. The highest BCUT2D eigenvalue weighted by molar-refractivity contribution is 7.10. The smallest absolute Gasteiger partial charge is 0.242 e. The summed E-state index contributed by atoms with van der Waals surface area (Å²) in [5.74, 6) is 0.232. The molecule has 5 rings (SSSR count). The topological polar surface area (TPSA) is 61.9 Å². The highest BCUT2D eigenvalue weighted by Gasteiger charge is 2.42. The molecule has 1 N–H and O–H groups in total. The number of morpholine rings is 1. The van der Waals surface area contributed by atoms with Gasteiger partial charge < -0.3 is 19.9 Å². The van der Waals surface area contributed by atoms with E-state index in [2.05, 4.69) is 30.1 Å². The molecule has 1 aliphatic carbocycles. The number of hydrogen-bond donors (Lipinski definition) is 1. The zero-order valence-electron chi connectivity index (χ0n) is 18.6. The number of allylic oxidation sites excluding steroid dienone is 1. The van der Waals surface area contributed by atoms with Crippen molar-refractivity contribution < 1.29 is 14.3 Å². The molecule has 1 amide bonds. The summed E-state index contributed by atoms with van der Waals surface area (Å²) >= 11 is 1.64. The van der Waals surface area contributed by atoms with Gasteiger partial charge in [-0.05, 0) is 35.4 Å². The van der Waals surface area contributed by atoms with Gasteiger partial charge in [-0.1, -0.05) is 32.0 Å². The van der Waals surface area contributed by atoms with Crippen molar-refractivity contribution in [3.8, 4) is 0 Å². The summed E-state index contributed by atoms with van der Waals surface area (Å²) in [4.78, 5) is 32.0. The molecule has 0 spiro atoms. The summed E-state index contributed by atoms with van der Waals surface area (Å²) in [7, 11) is 0. The standard InChI is InChI=1S/C25H29N3O3S/c1-25(2)14-18-23(20(29)15-25)24(21-8-5-13-32-21)28(19-7-4-3-6-17(19)26-18)16-22(30)27-9-11-31-12-10-27/h3-8,13,24,26H,9-12,14-16H2,1-2H3/t24-/m1/s1. The number of ketones is 1. The summed E-state index contributed by atoms with van der Waals surface area (Å²) < 4.78 is 5.43. The molecule has 1 aromatic heterocycles. The highest BCUT2D eigenvalue weighted by atomic mass is 32.1. The van der Waals surface area contributed by atoms with Crippen molar-refractivity contribution in [3.05, 3.63) is 57.9 Å². The van der Waals surface area contributed by atoms with Crippen LogP contribution in [0.1, 0.15) is 37.6 Å². The molecule has 0 radical (unpaired) electrons. The van der Waals surface area contributed by atoms with Crippen molar-refractivity contribution in [2.24, 2.45) is 5.41 Å². The number of para-hydroxylation sites is 2. The number of benzene rings is 1. The molecule has 6 nitrogen and oxygen atoms in total. The van der Waals surface area contributed by atoms with Crippen LogP contribution >= 0.6 is 11.3 Å². The van der Waals surface area contributed by atoms with E-state index in [1.54, 1.807) is 11.3 Å². The fourth-order valence-electron chi connectivity index (χ4n) is 5.03. The Hall–Kier alpha value is -2.64. The van der Waals surface area contributed by atoms with E-state index < -0.39 is 0 Å². The van der Waals surface area contributed by atoms with Crippen LogP contribution in [0.25, 0.3) is 0 Å². The van der Waals surface area contributed by atoms with Crippen molar-refractivity contribution >= 4 is 34.4 Å². The Morgan fingerprint density at radius 1 is 1.16 bits per heavy atom. The van der Waals surface area contributed by atoms with Gasteiger partial charge >= 0.3 is 0 Å². The number of rotatable bonds is 3. The Balaban J connectivity index is 1.63. The van der Waals surface area contributed by atoms with Gasteiger partial charge in [-0.15, -0.1) is 11.3 Å². The van der Waals surface area contributed by atoms with Crippen LogP contribution in [0, 0.1) is 5.41 Å². The molecule has 0 saturated carbocycles. The van der Waals surface area contributed by atoms with Crippen LogP contribution in [0.15, 0.2) is 53.0 Å². The number of fused-ring (bicyclic) bond motifs is 1. The number of nitrogens with zero attached hydrogens (tertiary/aromatic N) is 2. The lowest BCUT2D eigenvalue weighted by Gasteiger charge is -2.38. The zero-order valence-corrected chi connectivity index (χ0v) is 19.4. The van der Waals surface area contributed by atoms with Gasteiger partial charge in [-0.3, -0.25) is 9.59 Å². The Labute approximate surface area is 192 Å². The molecule has 3 heterocycles. The molecule has 1 saturated heterocycles. The number of amides is 1. The third kappa shape index (κ3) is 3.95. The van der Waals surface area contributed by atoms with Gasteiger partial charge in [0.2, 0.25) is 5.91 Å². The maximum atomic E-state index is 13.6. The van der Waals surface area contributed by atoms with Gasteiger partial charge in [0, 0.05) is 35.7 Å². The van der Waals surface area contributed by atoms with Crippen LogP contribution in [0.3, 0.4) is 0 Å². The molecule has 1 atom stereocenters. The van der Waals surface area contributed by atoms with E-state index >= 15 is 0 Å². The summed E-state index contributed by atoms with van der Waals surface area (Å²) in [5, 5.41) is 5.64. The van der Waals surface area contributed by atoms with Crippen molar-refractivity contribution in [2.75, 3.05) is 43.1 Å². The van der Waals surface area contributed by atoms with Crippen LogP contribution in [-0.2, 0) is 14.3 Å². The first-order valence-electron chi connectivity index (χ1n) is 11.2. The molecule has 2 aromatic rings. The second-order valence-corrected chi connectivity index (χ2v) is 10.5. The number of hydrogen-bond acceptors (Lipinski definition) is 6. The summed E-state index contributed by atoms with van der Waals surface area (Å²) in [6, 6.07) is 11.9. The summed E-state index contributed by atoms with van der Waals surface area (Å²) in [5.41, 5.74) is 3.58. The number of nitrogens with one attached hydrogen (secondary N) is 1. The van der Waals surface area contributed by atoms with Crippen molar-refractivity contribution in [3.63, 3.8) is 0 Å². The van der Waals surface area contributed by atoms with Gasteiger partial charge in [-0.25, -0.2) is 0 Å². The van der Waals surface area contributed by atoms with E-state index in [4.69, 9.17) is 4.74 Å². The van der Waals surface area contributed by atoms with Crippen LogP contribution in [0.2, 0.25) is 0 Å².